The molecule has 4 aromatic carbocycles. The molecule has 0 aromatic heterocycles. The van der Waals surface area contributed by atoms with Crippen molar-refractivity contribution in [1.82, 2.24) is 0 Å². The molecule has 0 aliphatic rings. The average Bonchev–Trinajstić information content (AvgIpc) is 3.04. The fourth-order valence-electron chi connectivity index (χ4n) is 5.20. The molecule has 0 aliphatic carbocycles. The van der Waals surface area contributed by atoms with Gasteiger partial charge in [0.2, 0.25) is 0 Å². The maximum atomic E-state index is 14.3. The van der Waals surface area contributed by atoms with Crippen LogP contribution in [0.4, 0.5) is 0 Å². The summed E-state index contributed by atoms with van der Waals surface area (Å²) in [4.78, 5) is 52.3. The van der Waals surface area contributed by atoms with Crippen LogP contribution in [0.3, 0.4) is 0 Å². The summed E-state index contributed by atoms with van der Waals surface area (Å²) >= 11 is 0. The number of rotatable bonds is 15. The molecule has 3 unspecified atom stereocenters. The van der Waals surface area contributed by atoms with Crippen molar-refractivity contribution < 1.29 is 29.0 Å². The molecule has 7 N–H and O–H groups in total. The van der Waals surface area contributed by atoms with Crippen LogP contribution < -0.4 is 17.2 Å². The molecule has 0 saturated carbocycles. The third-order valence-corrected chi connectivity index (χ3v) is 7.59. The quantitative estimate of drug-likeness (QED) is 0.116. The molecule has 232 valence electrons. The highest BCUT2D eigenvalue weighted by Gasteiger charge is 2.39. The zero-order valence-electron chi connectivity index (χ0n) is 24.8. The number of esters is 1. The highest BCUT2D eigenvalue weighted by molar-refractivity contribution is 6.09. The molecule has 0 bridgehead atoms. The molecule has 0 fully saturated rings. The first kappa shape index (κ1) is 32.9. The van der Waals surface area contributed by atoms with Crippen LogP contribution in [0.5, 0.6) is 0 Å². The van der Waals surface area contributed by atoms with E-state index in [1.165, 1.54) is 0 Å². The van der Waals surface area contributed by atoms with Crippen molar-refractivity contribution in [3.63, 3.8) is 0 Å². The standard InChI is InChI=1S/C36H37N3O6/c37-30(34(42)43)19-26-15-7-9-17-28(26)32(40)22-36(39,21-24-11-3-1-4-12-24)33(41)29-18-10-8-16-27(29)20-31(38)35(44)45-23-25-13-5-2-6-14-25/h1-18,30-31H,19-23,37-39H2,(H,42,43). The van der Waals surface area contributed by atoms with Crippen LogP contribution in [-0.4, -0.2) is 46.2 Å². The lowest BCUT2D eigenvalue weighted by Crippen LogP contribution is -2.52. The number of carboxylic acids is 1. The lowest BCUT2D eigenvalue weighted by molar-refractivity contribution is -0.146. The van der Waals surface area contributed by atoms with Gasteiger partial charge >= 0.3 is 11.9 Å². The van der Waals surface area contributed by atoms with E-state index in [0.29, 0.717) is 11.1 Å². The molecular weight excluding hydrogens is 570 g/mol. The summed E-state index contributed by atoms with van der Waals surface area (Å²) in [5.74, 6) is -2.72. The predicted octanol–water partition coefficient (Wildman–Crippen LogP) is 3.65. The second kappa shape index (κ2) is 15.2. The van der Waals surface area contributed by atoms with Crippen molar-refractivity contribution in [2.75, 3.05) is 0 Å². The summed E-state index contributed by atoms with van der Waals surface area (Å²) in [6, 6.07) is 29.4. The van der Waals surface area contributed by atoms with Crippen LogP contribution in [-0.2, 0) is 40.2 Å². The number of carboxylic acid groups (broad SMARTS) is 1. The molecule has 0 saturated heterocycles. The first-order chi connectivity index (χ1) is 21.6. The van der Waals surface area contributed by atoms with Crippen molar-refractivity contribution in [3.8, 4) is 0 Å². The van der Waals surface area contributed by atoms with Crippen molar-refractivity contribution in [2.24, 2.45) is 17.2 Å². The van der Waals surface area contributed by atoms with Crippen molar-refractivity contribution in [3.05, 3.63) is 143 Å². The Kier molecular flexibility index (Phi) is 11.1. The lowest BCUT2D eigenvalue weighted by Gasteiger charge is -2.29. The minimum absolute atomic E-state index is 0.0147. The van der Waals surface area contributed by atoms with E-state index in [0.717, 1.165) is 11.1 Å². The van der Waals surface area contributed by atoms with Crippen LogP contribution in [0.15, 0.2) is 109 Å². The number of carbonyl (C=O) groups is 4. The second-order valence-electron chi connectivity index (χ2n) is 11.1. The largest absolute Gasteiger partial charge is 0.480 e. The number of ketones is 2. The Hall–Kier alpha value is -4.96. The first-order valence-electron chi connectivity index (χ1n) is 14.6. The van der Waals surface area contributed by atoms with Crippen molar-refractivity contribution in [2.45, 2.75) is 49.9 Å². The Morgan fingerprint density at radius 3 is 1.76 bits per heavy atom. The number of benzene rings is 4. The van der Waals surface area contributed by atoms with Crippen LogP contribution in [0.25, 0.3) is 0 Å². The van der Waals surface area contributed by atoms with Crippen LogP contribution in [0, 0.1) is 0 Å². The van der Waals surface area contributed by atoms with Gasteiger partial charge in [0.15, 0.2) is 11.6 Å². The number of Topliss-reactive ketones (excluding diaryl/α,β-unsaturated/α-hetero) is 2. The molecule has 45 heavy (non-hydrogen) atoms. The van der Waals surface area contributed by atoms with E-state index in [1.54, 1.807) is 48.5 Å². The molecule has 0 spiro atoms. The molecule has 0 amide bonds. The summed E-state index contributed by atoms with van der Waals surface area (Å²) in [5.41, 5.74) is 20.2. The minimum atomic E-state index is -1.69. The predicted molar refractivity (Wildman–Crippen MR) is 170 cm³/mol. The van der Waals surface area contributed by atoms with Crippen LogP contribution in [0.2, 0.25) is 0 Å². The Morgan fingerprint density at radius 2 is 1.16 bits per heavy atom. The monoisotopic (exact) mass is 607 g/mol. The highest BCUT2D eigenvalue weighted by Crippen LogP contribution is 2.26. The van der Waals surface area contributed by atoms with Crippen molar-refractivity contribution in [1.29, 1.82) is 0 Å². The molecule has 0 aliphatic heterocycles. The Bertz CT molecular complexity index is 1640. The van der Waals surface area contributed by atoms with E-state index in [-0.39, 0.29) is 43.4 Å². The average molecular weight is 608 g/mol. The van der Waals surface area contributed by atoms with Crippen LogP contribution >= 0.6 is 0 Å². The fourth-order valence-corrected chi connectivity index (χ4v) is 5.20. The Balaban J connectivity index is 1.60. The minimum Gasteiger partial charge on any atom is -0.480 e. The molecule has 3 atom stereocenters. The summed E-state index contributed by atoms with van der Waals surface area (Å²) < 4.78 is 5.40. The topological polar surface area (TPSA) is 176 Å². The van der Waals surface area contributed by atoms with E-state index < -0.39 is 41.1 Å². The number of hydrogen-bond donors (Lipinski definition) is 4. The van der Waals surface area contributed by atoms with Crippen LogP contribution in [0.1, 0.15) is 49.4 Å². The summed E-state index contributed by atoms with van der Waals surface area (Å²) in [5, 5.41) is 9.31. The van der Waals surface area contributed by atoms with E-state index in [4.69, 9.17) is 21.9 Å². The number of carbonyl (C=O) groups excluding carboxylic acids is 3. The third-order valence-electron chi connectivity index (χ3n) is 7.59. The van der Waals surface area contributed by atoms with Gasteiger partial charge in [-0.2, -0.15) is 0 Å². The Morgan fingerprint density at radius 1 is 0.667 bits per heavy atom. The van der Waals surface area contributed by atoms with Gasteiger partial charge < -0.3 is 27.0 Å². The zero-order chi connectivity index (χ0) is 32.4. The molecule has 0 heterocycles. The molecule has 0 radical (unpaired) electrons. The van der Waals surface area contributed by atoms with E-state index >= 15 is 0 Å². The van der Waals surface area contributed by atoms with E-state index in [1.807, 2.05) is 60.7 Å². The molecule has 9 nitrogen and oxygen atoms in total. The number of ether oxygens (including phenoxy) is 1. The normalized spacial score (nSPS) is 13.7. The number of aliphatic carboxylic acids is 1. The van der Waals surface area contributed by atoms with Gasteiger partial charge in [-0.3, -0.25) is 19.2 Å². The lowest BCUT2D eigenvalue weighted by atomic mass is 9.77. The van der Waals surface area contributed by atoms with Gasteiger partial charge in [0, 0.05) is 17.5 Å². The van der Waals surface area contributed by atoms with Gasteiger partial charge in [0.05, 0.1) is 5.54 Å². The fraction of sp³-hybridized carbons (Fsp3) is 0.222. The first-order valence-corrected chi connectivity index (χ1v) is 14.6. The van der Waals surface area contributed by atoms with E-state index in [2.05, 4.69) is 0 Å². The van der Waals surface area contributed by atoms with Gasteiger partial charge in [-0.15, -0.1) is 0 Å². The number of hydrogen-bond acceptors (Lipinski definition) is 8. The maximum absolute atomic E-state index is 14.3. The van der Waals surface area contributed by atoms with Gasteiger partial charge in [-0.1, -0.05) is 109 Å². The van der Waals surface area contributed by atoms with Gasteiger partial charge in [0.1, 0.15) is 18.7 Å². The zero-order valence-corrected chi connectivity index (χ0v) is 24.8. The summed E-state index contributed by atoms with van der Waals surface area (Å²) in [6.07, 6.45) is -0.363. The Labute approximate surface area is 262 Å². The molecular formula is C36H37N3O6. The third kappa shape index (κ3) is 8.79. The SMILES string of the molecule is NC(Cc1ccccc1C(=O)CC(N)(Cc1ccccc1)C(=O)c1ccccc1CC(N)C(=O)OCc1ccccc1)C(=O)O. The second-order valence-corrected chi connectivity index (χ2v) is 11.1. The molecule has 4 rings (SSSR count). The smallest absolute Gasteiger partial charge is 0.323 e. The van der Waals surface area contributed by atoms with Gasteiger partial charge in [-0.05, 0) is 41.5 Å². The summed E-state index contributed by atoms with van der Waals surface area (Å²) in [6.45, 7) is 0.0674. The van der Waals surface area contributed by atoms with Gasteiger partial charge in [0.25, 0.3) is 0 Å². The van der Waals surface area contributed by atoms with E-state index in [9.17, 15) is 24.3 Å². The summed E-state index contributed by atoms with van der Waals surface area (Å²) in [7, 11) is 0. The number of nitrogens with two attached hydrogens (primary N) is 3. The molecule has 4 aromatic rings. The molecule has 9 heteroatoms. The van der Waals surface area contributed by atoms with Gasteiger partial charge in [-0.25, -0.2) is 0 Å². The van der Waals surface area contributed by atoms with Crippen molar-refractivity contribution >= 4 is 23.5 Å². The highest BCUT2D eigenvalue weighted by atomic mass is 16.5. The maximum Gasteiger partial charge on any atom is 0.323 e.